The maximum Gasteiger partial charge on any atom is 0.269 e. The Morgan fingerprint density at radius 1 is 1.17 bits per heavy atom. The highest BCUT2D eigenvalue weighted by molar-refractivity contribution is 7.89. The van der Waals surface area contributed by atoms with E-state index in [0.29, 0.717) is 19.3 Å². The normalized spacial score (nSPS) is 15.5. The molecule has 1 radical (unpaired) electrons. The van der Waals surface area contributed by atoms with Gasteiger partial charge in [-0.3, -0.25) is 29.9 Å². The van der Waals surface area contributed by atoms with E-state index < -0.39 is 51.3 Å². The molecule has 0 unspecified atom stereocenters. The number of amides is 3. The predicted octanol–water partition coefficient (Wildman–Crippen LogP) is 0.383. The van der Waals surface area contributed by atoms with Crippen molar-refractivity contribution in [1.82, 2.24) is 25.6 Å². The summed E-state index contributed by atoms with van der Waals surface area (Å²) in [5.74, 6) is -2.15. The van der Waals surface area contributed by atoms with Gasteiger partial charge in [-0.25, -0.2) is 18.5 Å². The molecule has 0 aliphatic carbocycles. The number of carbonyl (C=O) groups is 3. The van der Waals surface area contributed by atoms with E-state index in [0.717, 1.165) is 5.56 Å². The first-order chi connectivity index (χ1) is 19.9. The van der Waals surface area contributed by atoms with Crippen LogP contribution in [0.3, 0.4) is 0 Å². The fraction of sp³-hybridized carbons (Fsp3) is 0.385. The van der Waals surface area contributed by atoms with Crippen molar-refractivity contribution in [1.29, 1.82) is 5.41 Å². The fourth-order valence-corrected chi connectivity index (χ4v) is 5.28. The largest absolute Gasteiger partial charge is 0.370 e. The summed E-state index contributed by atoms with van der Waals surface area (Å²) in [5.41, 5.74) is 6.15. The van der Waals surface area contributed by atoms with E-state index in [1.807, 2.05) is 6.92 Å². The SMILES string of the molecule is Cc1ccc(S(=O)(=O)NCC(=O)N2CCC[C@H]2C(=O)N[C@@H](CCCNC(=N)N)C(=O)[N]c2ccc([N+](=O)[O-])cc2)cc1. The molecule has 6 N–H and O–H groups in total. The second kappa shape index (κ2) is 14.4. The monoisotopic (exact) mass is 601 g/mol. The van der Waals surface area contributed by atoms with Crippen LogP contribution in [-0.4, -0.2) is 73.6 Å². The lowest BCUT2D eigenvalue weighted by molar-refractivity contribution is -0.384. The van der Waals surface area contributed by atoms with Crippen molar-refractivity contribution in [2.45, 2.75) is 49.6 Å². The zero-order valence-electron chi connectivity index (χ0n) is 22.9. The van der Waals surface area contributed by atoms with Gasteiger partial charge in [0.1, 0.15) is 12.1 Å². The highest BCUT2D eigenvalue weighted by atomic mass is 32.2. The minimum Gasteiger partial charge on any atom is -0.370 e. The maximum atomic E-state index is 13.3. The van der Waals surface area contributed by atoms with Gasteiger partial charge in [0.2, 0.25) is 21.8 Å². The Morgan fingerprint density at radius 2 is 1.83 bits per heavy atom. The topological polar surface area (TPSA) is 232 Å². The highest BCUT2D eigenvalue weighted by Gasteiger charge is 2.36. The molecule has 42 heavy (non-hydrogen) atoms. The molecule has 0 aromatic heterocycles. The number of nitrogens with two attached hydrogens (primary N) is 1. The van der Waals surface area contributed by atoms with Gasteiger partial charge in [0.25, 0.3) is 11.6 Å². The molecule has 3 rings (SSSR count). The van der Waals surface area contributed by atoms with Crippen LogP contribution in [0.25, 0.3) is 0 Å². The van der Waals surface area contributed by atoms with E-state index in [9.17, 15) is 32.9 Å². The Hall–Kier alpha value is -4.57. The number of sulfonamides is 1. The van der Waals surface area contributed by atoms with Gasteiger partial charge in [0, 0.05) is 25.2 Å². The number of benzene rings is 2. The summed E-state index contributed by atoms with van der Waals surface area (Å²) in [6, 6.07) is 9.13. The fourth-order valence-electron chi connectivity index (χ4n) is 4.31. The molecular weight excluding hydrogens is 568 g/mol. The lowest BCUT2D eigenvalue weighted by atomic mass is 10.1. The molecule has 16 heteroatoms. The predicted molar refractivity (Wildman–Crippen MR) is 152 cm³/mol. The van der Waals surface area contributed by atoms with Gasteiger partial charge in [-0.05, 0) is 56.9 Å². The van der Waals surface area contributed by atoms with Crippen molar-refractivity contribution in [3.8, 4) is 0 Å². The molecule has 2 aromatic carbocycles. The van der Waals surface area contributed by atoms with E-state index in [4.69, 9.17) is 11.1 Å². The molecule has 2 atom stereocenters. The van der Waals surface area contributed by atoms with Crippen molar-refractivity contribution >= 4 is 45.1 Å². The number of likely N-dealkylation sites (tertiary alicyclic amines) is 1. The molecule has 1 saturated heterocycles. The first kappa shape index (κ1) is 32.0. The van der Waals surface area contributed by atoms with Crippen molar-refractivity contribution < 1.29 is 27.7 Å². The quantitative estimate of drug-likeness (QED) is 0.0701. The lowest BCUT2D eigenvalue weighted by Crippen LogP contribution is -2.53. The Balaban J connectivity index is 1.65. The number of rotatable bonds is 13. The Bertz CT molecular complexity index is 1420. The van der Waals surface area contributed by atoms with Gasteiger partial charge in [0.05, 0.1) is 22.1 Å². The molecule has 1 aliphatic rings. The van der Waals surface area contributed by atoms with Gasteiger partial charge >= 0.3 is 0 Å². The number of nitrogens with zero attached hydrogens (tertiary/aromatic N) is 3. The molecular formula is C26H33N8O7S. The average Bonchev–Trinajstić information content (AvgIpc) is 3.44. The minimum absolute atomic E-state index is 0.00834. The molecule has 2 aromatic rings. The standard InChI is InChI=1S/C26H33N8O7S/c1-17-6-12-20(13-7-17)42(40,41)30-16-23(35)33-15-3-5-22(33)25(37)32-21(4-2-14-29-26(27)28)24(36)31-18-8-10-19(11-9-18)34(38)39/h6-13,21-22,30H,2-5,14-16H2,1H3,(H,32,37)(H4,27,28,29)/t21-,22-/m0/s1. The van der Waals surface area contributed by atoms with Crippen molar-refractivity contribution in [3.63, 3.8) is 0 Å². The Labute approximate surface area is 242 Å². The number of hydrogen-bond acceptors (Lipinski definition) is 8. The first-order valence-electron chi connectivity index (χ1n) is 13.1. The Kier molecular flexibility index (Phi) is 10.9. The molecule has 225 valence electrons. The van der Waals surface area contributed by atoms with Crippen LogP contribution >= 0.6 is 0 Å². The van der Waals surface area contributed by atoms with Gasteiger partial charge in [-0.15, -0.1) is 0 Å². The average molecular weight is 602 g/mol. The molecule has 3 amide bonds. The van der Waals surface area contributed by atoms with E-state index >= 15 is 0 Å². The van der Waals surface area contributed by atoms with Crippen LogP contribution in [0.5, 0.6) is 0 Å². The molecule has 1 aliphatic heterocycles. The van der Waals surface area contributed by atoms with Crippen LogP contribution in [0.4, 0.5) is 11.4 Å². The third-order valence-electron chi connectivity index (χ3n) is 6.52. The summed E-state index contributed by atoms with van der Waals surface area (Å²) in [7, 11) is -3.95. The van der Waals surface area contributed by atoms with E-state index in [1.165, 1.54) is 41.3 Å². The van der Waals surface area contributed by atoms with E-state index in [1.54, 1.807) is 12.1 Å². The van der Waals surface area contributed by atoms with Crippen LogP contribution in [0.1, 0.15) is 31.2 Å². The van der Waals surface area contributed by atoms with Crippen LogP contribution in [0, 0.1) is 22.4 Å². The van der Waals surface area contributed by atoms with E-state index in [-0.39, 0.29) is 41.7 Å². The number of carbonyl (C=O) groups excluding carboxylic acids is 3. The van der Waals surface area contributed by atoms with Gasteiger partial charge in [-0.2, -0.15) is 0 Å². The number of nitrogens with one attached hydrogen (secondary N) is 4. The highest BCUT2D eigenvalue weighted by Crippen LogP contribution is 2.20. The lowest BCUT2D eigenvalue weighted by Gasteiger charge is -2.26. The third-order valence-corrected chi connectivity index (χ3v) is 7.94. The van der Waals surface area contributed by atoms with Gasteiger partial charge < -0.3 is 21.3 Å². The van der Waals surface area contributed by atoms with Crippen LogP contribution in [0.2, 0.25) is 0 Å². The molecule has 1 fully saturated rings. The first-order valence-corrected chi connectivity index (χ1v) is 14.6. The van der Waals surface area contributed by atoms with Gasteiger partial charge in [-0.1, -0.05) is 17.7 Å². The van der Waals surface area contributed by atoms with Crippen LogP contribution in [0.15, 0.2) is 53.4 Å². The smallest absolute Gasteiger partial charge is 0.269 e. The second-order valence-electron chi connectivity index (χ2n) is 9.65. The molecule has 0 saturated carbocycles. The maximum absolute atomic E-state index is 13.3. The number of nitro groups is 1. The molecule has 15 nitrogen and oxygen atoms in total. The number of aryl methyl sites for hydroxylation is 1. The van der Waals surface area contributed by atoms with E-state index in [2.05, 4.69) is 20.7 Å². The summed E-state index contributed by atoms with van der Waals surface area (Å²) in [6.07, 6.45) is 1.27. The summed E-state index contributed by atoms with van der Waals surface area (Å²) in [6.45, 7) is 1.75. The van der Waals surface area contributed by atoms with Crippen LogP contribution < -0.4 is 26.4 Å². The van der Waals surface area contributed by atoms with Crippen molar-refractivity contribution in [3.05, 3.63) is 64.2 Å². The molecule has 0 spiro atoms. The van der Waals surface area contributed by atoms with Crippen molar-refractivity contribution in [2.75, 3.05) is 19.6 Å². The molecule has 0 bridgehead atoms. The Morgan fingerprint density at radius 3 is 2.45 bits per heavy atom. The summed E-state index contributed by atoms with van der Waals surface area (Å²) in [4.78, 5) is 50.8. The summed E-state index contributed by atoms with van der Waals surface area (Å²) >= 11 is 0. The number of hydrogen-bond donors (Lipinski definition) is 5. The molecule has 1 heterocycles. The van der Waals surface area contributed by atoms with Crippen LogP contribution in [-0.2, 0) is 24.4 Å². The van der Waals surface area contributed by atoms with Gasteiger partial charge in [0.15, 0.2) is 5.96 Å². The summed E-state index contributed by atoms with van der Waals surface area (Å²) < 4.78 is 27.5. The summed E-state index contributed by atoms with van der Waals surface area (Å²) in [5, 5.41) is 27.4. The number of guanidine groups is 1. The second-order valence-corrected chi connectivity index (χ2v) is 11.4. The third kappa shape index (κ3) is 8.97. The minimum atomic E-state index is -3.95. The van der Waals surface area contributed by atoms with Crippen molar-refractivity contribution in [2.24, 2.45) is 5.73 Å². The number of nitro benzene ring substituents is 1. The zero-order valence-corrected chi connectivity index (χ0v) is 23.7. The zero-order chi connectivity index (χ0) is 30.9. The number of non-ortho nitro benzene ring substituents is 1.